The van der Waals surface area contributed by atoms with Gasteiger partial charge in [-0.05, 0) is 30.0 Å². The summed E-state index contributed by atoms with van der Waals surface area (Å²) in [6.07, 6.45) is 0. The summed E-state index contributed by atoms with van der Waals surface area (Å²) in [5.41, 5.74) is 6.39. The lowest BCUT2D eigenvalue weighted by molar-refractivity contribution is 0.458. The van der Waals surface area contributed by atoms with Crippen molar-refractivity contribution in [3.8, 4) is 23.3 Å². The Hall–Kier alpha value is -2.32. The molecule has 0 aliphatic carbocycles. The van der Waals surface area contributed by atoms with Crippen LogP contribution in [0.1, 0.15) is 12.5 Å². The zero-order valence-corrected chi connectivity index (χ0v) is 11.8. The lowest BCUT2D eigenvalue weighted by atomic mass is 10.2. The molecule has 0 bridgehead atoms. The molecule has 0 amide bonds. The molecule has 0 heterocycles. The van der Waals surface area contributed by atoms with Crippen LogP contribution in [0.25, 0.3) is 0 Å². The molecule has 0 aliphatic rings. The Balaban J connectivity index is 2.41. The van der Waals surface area contributed by atoms with E-state index in [1.807, 2.05) is 19.1 Å². The molecule has 4 nitrogen and oxygen atoms in total. The highest BCUT2D eigenvalue weighted by atomic mass is 32.2. The minimum Gasteiger partial charge on any atom is -0.506 e. The number of phenolic OH excluding ortho intramolecular Hbond substituents is 1. The number of nitrogens with zero attached hydrogens (tertiary/aromatic N) is 1. The van der Waals surface area contributed by atoms with Gasteiger partial charge in [-0.1, -0.05) is 19.1 Å². The van der Waals surface area contributed by atoms with Crippen molar-refractivity contribution in [1.29, 1.82) is 5.26 Å². The SMILES string of the molecule is CCSc1cccc(Oc2cccc(O)c2N)c1C#N. The summed E-state index contributed by atoms with van der Waals surface area (Å²) in [4.78, 5) is 0.867. The van der Waals surface area contributed by atoms with Crippen molar-refractivity contribution in [2.45, 2.75) is 11.8 Å². The Morgan fingerprint density at radius 3 is 2.65 bits per heavy atom. The van der Waals surface area contributed by atoms with Gasteiger partial charge in [-0.15, -0.1) is 11.8 Å². The normalized spacial score (nSPS) is 10.0. The molecule has 0 unspecified atom stereocenters. The number of rotatable bonds is 4. The van der Waals surface area contributed by atoms with E-state index in [9.17, 15) is 10.4 Å². The summed E-state index contributed by atoms with van der Waals surface area (Å²) in [6, 6.07) is 12.3. The third-order valence-corrected chi connectivity index (χ3v) is 3.60. The number of aromatic hydroxyl groups is 1. The molecule has 3 N–H and O–H groups in total. The van der Waals surface area contributed by atoms with Gasteiger partial charge in [-0.3, -0.25) is 0 Å². The van der Waals surface area contributed by atoms with Crippen LogP contribution in [-0.2, 0) is 0 Å². The standard InChI is InChI=1S/C15H14N2O2S/c1-2-20-14-8-4-6-12(10(14)9-16)19-13-7-3-5-11(18)15(13)17/h3-8,18H,2,17H2,1H3. The molecule has 102 valence electrons. The lowest BCUT2D eigenvalue weighted by Gasteiger charge is -2.12. The number of ether oxygens (including phenoxy) is 1. The molecular weight excluding hydrogens is 272 g/mol. The van der Waals surface area contributed by atoms with Crippen LogP contribution in [0.5, 0.6) is 17.2 Å². The van der Waals surface area contributed by atoms with Gasteiger partial charge < -0.3 is 15.6 Å². The Bertz CT molecular complexity index is 665. The summed E-state index contributed by atoms with van der Waals surface area (Å²) in [5, 5.41) is 18.9. The van der Waals surface area contributed by atoms with Crippen LogP contribution in [0.15, 0.2) is 41.3 Å². The quantitative estimate of drug-likeness (QED) is 0.508. The van der Waals surface area contributed by atoms with Gasteiger partial charge in [-0.25, -0.2) is 0 Å². The maximum Gasteiger partial charge on any atom is 0.154 e. The first-order chi connectivity index (χ1) is 9.67. The predicted molar refractivity (Wildman–Crippen MR) is 80.1 cm³/mol. The first-order valence-corrected chi connectivity index (χ1v) is 7.07. The van der Waals surface area contributed by atoms with E-state index >= 15 is 0 Å². The number of phenols is 1. The fourth-order valence-electron chi connectivity index (χ4n) is 1.72. The second-order valence-electron chi connectivity index (χ2n) is 3.97. The topological polar surface area (TPSA) is 79.3 Å². The first-order valence-electron chi connectivity index (χ1n) is 6.08. The van der Waals surface area contributed by atoms with Gasteiger partial charge in [0.1, 0.15) is 28.8 Å². The molecule has 0 saturated carbocycles. The van der Waals surface area contributed by atoms with E-state index in [1.165, 1.54) is 6.07 Å². The van der Waals surface area contributed by atoms with Crippen molar-refractivity contribution in [3.63, 3.8) is 0 Å². The molecule has 0 fully saturated rings. The molecule has 0 radical (unpaired) electrons. The average molecular weight is 286 g/mol. The van der Waals surface area contributed by atoms with E-state index in [1.54, 1.807) is 30.0 Å². The molecule has 2 aromatic rings. The molecular formula is C15H14N2O2S. The summed E-state index contributed by atoms with van der Waals surface area (Å²) in [6.45, 7) is 2.02. The van der Waals surface area contributed by atoms with Crippen LogP contribution in [-0.4, -0.2) is 10.9 Å². The molecule has 2 rings (SSSR count). The van der Waals surface area contributed by atoms with Gasteiger partial charge in [0.25, 0.3) is 0 Å². The summed E-state index contributed by atoms with van der Waals surface area (Å²) in [7, 11) is 0. The zero-order chi connectivity index (χ0) is 14.5. The Morgan fingerprint density at radius 2 is 1.95 bits per heavy atom. The van der Waals surface area contributed by atoms with Gasteiger partial charge >= 0.3 is 0 Å². The highest BCUT2D eigenvalue weighted by molar-refractivity contribution is 7.99. The predicted octanol–water partition coefficient (Wildman–Crippen LogP) is 3.75. The maximum atomic E-state index is 9.57. The van der Waals surface area contributed by atoms with Gasteiger partial charge in [0, 0.05) is 4.90 Å². The van der Waals surface area contributed by atoms with Crippen molar-refractivity contribution in [2.24, 2.45) is 0 Å². The largest absolute Gasteiger partial charge is 0.506 e. The second-order valence-corrected chi connectivity index (χ2v) is 5.27. The number of nitrogens with two attached hydrogens (primary N) is 1. The van der Waals surface area contributed by atoms with E-state index in [0.717, 1.165) is 10.6 Å². The molecule has 0 aliphatic heterocycles. The molecule has 5 heteroatoms. The number of para-hydroxylation sites is 1. The Morgan fingerprint density at radius 1 is 1.25 bits per heavy atom. The Labute approximate surface area is 121 Å². The number of hydrogen-bond acceptors (Lipinski definition) is 5. The van der Waals surface area contributed by atoms with Crippen LogP contribution in [0.3, 0.4) is 0 Å². The number of hydrogen-bond donors (Lipinski definition) is 2. The van der Waals surface area contributed by atoms with Crippen LogP contribution >= 0.6 is 11.8 Å². The first kappa shape index (κ1) is 14.1. The van der Waals surface area contributed by atoms with E-state index < -0.39 is 0 Å². The van der Waals surface area contributed by atoms with E-state index in [-0.39, 0.29) is 11.4 Å². The summed E-state index contributed by atoms with van der Waals surface area (Å²) in [5.74, 6) is 1.59. The van der Waals surface area contributed by atoms with Crippen molar-refractivity contribution in [2.75, 3.05) is 11.5 Å². The van der Waals surface area contributed by atoms with Crippen molar-refractivity contribution in [3.05, 3.63) is 42.0 Å². The fourth-order valence-corrected chi connectivity index (χ4v) is 2.50. The zero-order valence-electron chi connectivity index (χ0n) is 11.0. The van der Waals surface area contributed by atoms with Gasteiger partial charge in [0.15, 0.2) is 5.75 Å². The van der Waals surface area contributed by atoms with Gasteiger partial charge in [0.2, 0.25) is 0 Å². The van der Waals surface area contributed by atoms with Crippen molar-refractivity contribution >= 4 is 17.4 Å². The summed E-state index contributed by atoms with van der Waals surface area (Å²) >= 11 is 1.58. The fraction of sp³-hybridized carbons (Fsp3) is 0.133. The highest BCUT2D eigenvalue weighted by Gasteiger charge is 2.12. The maximum absolute atomic E-state index is 9.57. The van der Waals surface area contributed by atoms with Gasteiger partial charge in [0.05, 0.1) is 0 Å². The third kappa shape index (κ3) is 2.81. The Kier molecular flexibility index (Phi) is 4.38. The average Bonchev–Trinajstić information content (AvgIpc) is 2.44. The highest BCUT2D eigenvalue weighted by Crippen LogP contribution is 2.37. The summed E-state index contributed by atoms with van der Waals surface area (Å²) < 4.78 is 5.68. The van der Waals surface area contributed by atoms with Crippen LogP contribution in [0.4, 0.5) is 5.69 Å². The van der Waals surface area contributed by atoms with Crippen LogP contribution < -0.4 is 10.5 Å². The molecule has 0 saturated heterocycles. The molecule has 20 heavy (non-hydrogen) atoms. The minimum absolute atomic E-state index is 0.0416. The second kappa shape index (κ2) is 6.22. The molecule has 2 aromatic carbocycles. The number of nitriles is 1. The number of thioether (sulfide) groups is 1. The van der Waals surface area contributed by atoms with E-state index in [2.05, 4.69) is 6.07 Å². The number of nitrogen functional groups attached to an aromatic ring is 1. The smallest absolute Gasteiger partial charge is 0.154 e. The number of benzene rings is 2. The third-order valence-electron chi connectivity index (χ3n) is 2.66. The molecule has 0 aromatic heterocycles. The van der Waals surface area contributed by atoms with E-state index in [4.69, 9.17) is 10.5 Å². The van der Waals surface area contributed by atoms with Crippen molar-refractivity contribution in [1.82, 2.24) is 0 Å². The van der Waals surface area contributed by atoms with Gasteiger partial charge in [-0.2, -0.15) is 5.26 Å². The lowest BCUT2D eigenvalue weighted by Crippen LogP contribution is -1.95. The molecule has 0 atom stereocenters. The van der Waals surface area contributed by atoms with Crippen LogP contribution in [0, 0.1) is 11.3 Å². The monoisotopic (exact) mass is 286 g/mol. The minimum atomic E-state index is -0.0416. The molecule has 0 spiro atoms. The van der Waals surface area contributed by atoms with Crippen molar-refractivity contribution < 1.29 is 9.84 Å². The number of anilines is 1. The van der Waals surface area contributed by atoms with Crippen LogP contribution in [0.2, 0.25) is 0 Å². The van der Waals surface area contributed by atoms with E-state index in [0.29, 0.717) is 17.1 Å².